The van der Waals surface area contributed by atoms with E-state index in [0.29, 0.717) is 28.6 Å². The van der Waals surface area contributed by atoms with E-state index in [0.717, 1.165) is 24.1 Å². The van der Waals surface area contributed by atoms with Crippen LogP contribution < -0.4 is 15.4 Å². The molecule has 1 aliphatic rings. The van der Waals surface area contributed by atoms with Gasteiger partial charge < -0.3 is 15.4 Å². The zero-order valence-corrected chi connectivity index (χ0v) is 16.5. The maximum Gasteiger partial charge on any atom is 0.255 e. The van der Waals surface area contributed by atoms with Crippen molar-refractivity contribution in [3.8, 4) is 17.0 Å². The molecule has 1 amide bonds. The van der Waals surface area contributed by atoms with Crippen molar-refractivity contribution < 1.29 is 9.53 Å². The predicted molar refractivity (Wildman–Crippen MR) is 110 cm³/mol. The Morgan fingerprint density at radius 1 is 1.23 bits per heavy atom. The number of hydrogen-bond acceptors (Lipinski definition) is 7. The fourth-order valence-electron chi connectivity index (χ4n) is 3.19. The number of nitrogens with one attached hydrogen (secondary N) is 2. The number of carbonyl (C=O) groups is 1. The highest BCUT2D eigenvalue weighted by Crippen LogP contribution is 2.27. The largest absolute Gasteiger partial charge is 0.496 e. The number of ether oxygens (including phenoxy) is 1. The lowest BCUT2D eigenvalue weighted by atomic mass is 10.1. The van der Waals surface area contributed by atoms with Gasteiger partial charge in [-0.05, 0) is 25.0 Å². The van der Waals surface area contributed by atoms with E-state index >= 15 is 0 Å². The Hall–Kier alpha value is -3.95. The van der Waals surface area contributed by atoms with E-state index in [1.54, 1.807) is 53.1 Å². The Morgan fingerprint density at radius 3 is 2.83 bits per heavy atom. The van der Waals surface area contributed by atoms with Gasteiger partial charge >= 0.3 is 0 Å². The van der Waals surface area contributed by atoms with Crippen LogP contribution in [0.25, 0.3) is 16.9 Å². The number of methoxy groups -OCH3 is 1. The van der Waals surface area contributed by atoms with Crippen LogP contribution >= 0.6 is 0 Å². The van der Waals surface area contributed by atoms with Gasteiger partial charge in [-0.25, -0.2) is 4.52 Å². The molecule has 0 radical (unpaired) electrons. The van der Waals surface area contributed by atoms with E-state index in [9.17, 15) is 4.79 Å². The van der Waals surface area contributed by atoms with Gasteiger partial charge in [0, 0.05) is 36.6 Å². The van der Waals surface area contributed by atoms with E-state index in [4.69, 9.17) is 4.74 Å². The monoisotopic (exact) mass is 404 g/mol. The Kier molecular flexibility index (Phi) is 4.31. The predicted octanol–water partition coefficient (Wildman–Crippen LogP) is 2.17. The molecule has 0 aliphatic heterocycles. The second kappa shape index (κ2) is 7.14. The van der Waals surface area contributed by atoms with Gasteiger partial charge in [-0.1, -0.05) is 0 Å². The third-order valence-electron chi connectivity index (χ3n) is 4.86. The van der Waals surface area contributed by atoms with E-state index in [1.807, 2.05) is 13.2 Å². The molecule has 5 rings (SSSR count). The van der Waals surface area contributed by atoms with Crippen molar-refractivity contribution in [3.63, 3.8) is 0 Å². The number of rotatable bonds is 6. The van der Waals surface area contributed by atoms with Crippen LogP contribution in [-0.4, -0.2) is 48.4 Å². The fourth-order valence-corrected chi connectivity index (χ4v) is 3.19. The molecule has 152 valence electrons. The quantitative estimate of drug-likeness (QED) is 0.507. The average Bonchev–Trinajstić information content (AvgIpc) is 3.29. The molecule has 0 bridgehead atoms. The fraction of sp³-hybridized carbons (Fsp3) is 0.250. The third-order valence-corrected chi connectivity index (χ3v) is 4.86. The second-order valence-electron chi connectivity index (χ2n) is 7.19. The van der Waals surface area contributed by atoms with Gasteiger partial charge in [-0.15, -0.1) is 5.10 Å². The van der Waals surface area contributed by atoms with Gasteiger partial charge in [-0.2, -0.15) is 10.1 Å². The number of fused-ring (bicyclic) bond motifs is 1. The van der Waals surface area contributed by atoms with Crippen molar-refractivity contribution in [2.45, 2.75) is 18.9 Å². The van der Waals surface area contributed by atoms with Gasteiger partial charge in [0.05, 0.1) is 37.0 Å². The van der Waals surface area contributed by atoms with Gasteiger partial charge in [-0.3, -0.25) is 14.5 Å². The van der Waals surface area contributed by atoms with Crippen molar-refractivity contribution in [1.82, 2.24) is 34.7 Å². The highest BCUT2D eigenvalue weighted by atomic mass is 16.5. The summed E-state index contributed by atoms with van der Waals surface area (Å²) in [7, 11) is 3.40. The smallest absolute Gasteiger partial charge is 0.255 e. The minimum atomic E-state index is -0.126. The Balaban J connectivity index is 1.43. The summed E-state index contributed by atoms with van der Waals surface area (Å²) in [5.74, 6) is 0.768. The number of hydrogen-bond donors (Lipinski definition) is 2. The first-order valence-corrected chi connectivity index (χ1v) is 9.56. The number of carbonyl (C=O) groups excluding carboxylic acids is 1. The first-order valence-electron chi connectivity index (χ1n) is 9.56. The standard InChI is InChI=1S/C20H20N8O2/c1-27-11-12(8-22-27)16-9-21-10-18-25-20(26-28(16)18)24-14-5-6-15(17(7-14)30-2)19(29)23-13-3-4-13/h5-11,13H,3-4H2,1-2H3,(H,23,29)(H,24,26). The summed E-state index contributed by atoms with van der Waals surface area (Å²) >= 11 is 0. The van der Waals surface area contributed by atoms with Crippen molar-refractivity contribution in [3.05, 3.63) is 48.5 Å². The van der Waals surface area contributed by atoms with Crippen molar-refractivity contribution in [1.29, 1.82) is 0 Å². The van der Waals surface area contributed by atoms with Crippen molar-refractivity contribution in [2.75, 3.05) is 12.4 Å². The molecule has 30 heavy (non-hydrogen) atoms. The summed E-state index contributed by atoms with van der Waals surface area (Å²) in [6.45, 7) is 0. The minimum absolute atomic E-state index is 0.126. The van der Waals surface area contributed by atoms with E-state index in [-0.39, 0.29) is 11.9 Å². The van der Waals surface area contributed by atoms with Gasteiger partial charge in [0.2, 0.25) is 5.95 Å². The van der Waals surface area contributed by atoms with Crippen LogP contribution in [0.1, 0.15) is 23.2 Å². The third kappa shape index (κ3) is 3.43. The molecule has 2 N–H and O–H groups in total. The maximum atomic E-state index is 12.4. The topological polar surface area (TPSA) is 111 Å². The lowest BCUT2D eigenvalue weighted by Crippen LogP contribution is -2.25. The number of benzene rings is 1. The molecular formula is C20H20N8O2. The first kappa shape index (κ1) is 18.1. The summed E-state index contributed by atoms with van der Waals surface area (Å²) in [6, 6.07) is 5.58. The SMILES string of the molecule is COc1cc(Nc2nc3cncc(-c4cnn(C)c4)n3n2)ccc1C(=O)NC1CC1. The molecule has 0 atom stereocenters. The van der Waals surface area contributed by atoms with Crippen LogP contribution in [0.3, 0.4) is 0 Å². The summed E-state index contributed by atoms with van der Waals surface area (Å²) < 4.78 is 8.85. The van der Waals surface area contributed by atoms with Gasteiger partial charge in [0.15, 0.2) is 5.65 Å². The molecule has 3 heterocycles. The molecule has 1 fully saturated rings. The first-order chi connectivity index (χ1) is 14.6. The number of aromatic nitrogens is 6. The van der Waals surface area contributed by atoms with Crippen LogP contribution in [0.4, 0.5) is 11.6 Å². The van der Waals surface area contributed by atoms with Crippen molar-refractivity contribution >= 4 is 23.2 Å². The molecule has 1 aromatic carbocycles. The molecule has 0 spiro atoms. The van der Waals surface area contributed by atoms with Crippen molar-refractivity contribution in [2.24, 2.45) is 7.05 Å². The lowest BCUT2D eigenvalue weighted by Gasteiger charge is -2.11. The molecule has 10 nitrogen and oxygen atoms in total. The highest BCUT2D eigenvalue weighted by molar-refractivity contribution is 5.97. The van der Waals surface area contributed by atoms with Crippen LogP contribution in [-0.2, 0) is 7.05 Å². The lowest BCUT2D eigenvalue weighted by molar-refractivity contribution is 0.0948. The zero-order valence-electron chi connectivity index (χ0n) is 16.5. The summed E-state index contributed by atoms with van der Waals surface area (Å²) in [5, 5.41) is 14.9. The highest BCUT2D eigenvalue weighted by Gasteiger charge is 2.25. The summed E-state index contributed by atoms with van der Waals surface area (Å²) in [4.78, 5) is 21.1. The van der Waals surface area contributed by atoms with Crippen LogP contribution in [0.15, 0.2) is 43.0 Å². The minimum Gasteiger partial charge on any atom is -0.496 e. The van der Waals surface area contributed by atoms with Crippen LogP contribution in [0.5, 0.6) is 5.75 Å². The van der Waals surface area contributed by atoms with Crippen LogP contribution in [0, 0.1) is 0 Å². The van der Waals surface area contributed by atoms with E-state index < -0.39 is 0 Å². The molecule has 4 aromatic rings. The Bertz CT molecular complexity index is 1240. The van der Waals surface area contributed by atoms with E-state index in [2.05, 4.69) is 30.8 Å². The number of nitrogens with zero attached hydrogens (tertiary/aromatic N) is 6. The molecule has 1 saturated carbocycles. The Morgan fingerprint density at radius 2 is 2.10 bits per heavy atom. The second-order valence-corrected chi connectivity index (χ2v) is 7.19. The van der Waals surface area contributed by atoms with Gasteiger partial charge in [0.25, 0.3) is 5.91 Å². The van der Waals surface area contributed by atoms with E-state index in [1.165, 1.54) is 0 Å². The molecule has 10 heteroatoms. The Labute approximate surface area is 171 Å². The molecule has 3 aromatic heterocycles. The number of anilines is 2. The summed E-state index contributed by atoms with van der Waals surface area (Å²) in [5.41, 5.74) is 3.49. The zero-order chi connectivity index (χ0) is 20.7. The molecular weight excluding hydrogens is 384 g/mol. The number of aryl methyl sites for hydroxylation is 1. The summed E-state index contributed by atoms with van der Waals surface area (Å²) in [6.07, 6.45) is 9.07. The molecule has 1 aliphatic carbocycles. The molecule has 0 unspecified atom stereocenters. The average molecular weight is 404 g/mol. The normalized spacial score (nSPS) is 13.4. The van der Waals surface area contributed by atoms with Gasteiger partial charge in [0.1, 0.15) is 5.75 Å². The molecule has 0 saturated heterocycles. The van der Waals surface area contributed by atoms with Crippen LogP contribution in [0.2, 0.25) is 0 Å². The maximum absolute atomic E-state index is 12.4. The number of amides is 1.